The Hall–Kier alpha value is -5.90. The smallest absolute Gasteiger partial charge is 0.333 e. The summed E-state index contributed by atoms with van der Waals surface area (Å²) in [7, 11) is 0. The zero-order valence-electron chi connectivity index (χ0n) is 31.1. The van der Waals surface area contributed by atoms with Crippen LogP contribution in [0.15, 0.2) is 24.3 Å². The average molecular weight is 875 g/mol. The van der Waals surface area contributed by atoms with Gasteiger partial charge >= 0.3 is 11.9 Å². The van der Waals surface area contributed by atoms with E-state index >= 15 is 0 Å². The van der Waals surface area contributed by atoms with Crippen molar-refractivity contribution in [2.24, 2.45) is 0 Å². The largest absolute Gasteiger partial charge is 0.487 e. The molecule has 0 amide bonds. The van der Waals surface area contributed by atoms with Gasteiger partial charge in [-0.3, -0.25) is 0 Å². The van der Waals surface area contributed by atoms with Gasteiger partial charge in [-0.05, 0) is 13.8 Å². The van der Waals surface area contributed by atoms with Crippen molar-refractivity contribution in [2.75, 3.05) is 66.1 Å². The molecule has 0 aliphatic rings. The minimum atomic E-state index is -2.28. The van der Waals surface area contributed by atoms with Crippen LogP contribution in [0.2, 0.25) is 0 Å². The lowest BCUT2D eigenvalue weighted by Crippen LogP contribution is -2.16. The van der Waals surface area contributed by atoms with Crippen molar-refractivity contribution < 1.29 is 100 Å². The molecular weight excluding hydrogens is 844 g/mol. The summed E-state index contributed by atoms with van der Waals surface area (Å²) in [6.45, 7) is 3.20. The van der Waals surface area contributed by atoms with Gasteiger partial charge in [0, 0.05) is 11.1 Å². The van der Waals surface area contributed by atoms with Gasteiger partial charge in [0.05, 0.1) is 48.0 Å². The second-order valence-corrected chi connectivity index (χ2v) is 12.0. The van der Waals surface area contributed by atoms with E-state index in [1.807, 2.05) is 0 Å². The van der Waals surface area contributed by atoms with E-state index in [-0.39, 0.29) is 24.4 Å². The van der Waals surface area contributed by atoms with Gasteiger partial charge < -0.3 is 37.9 Å². The molecule has 0 atom stereocenters. The van der Waals surface area contributed by atoms with Crippen LogP contribution in [0.3, 0.4) is 0 Å². The summed E-state index contributed by atoms with van der Waals surface area (Å²) >= 11 is 0. The van der Waals surface area contributed by atoms with Gasteiger partial charge in [0.15, 0.2) is 69.5 Å². The number of esters is 2. The number of carbonyl (C=O) groups is 2. The van der Waals surface area contributed by atoms with Gasteiger partial charge in [0.25, 0.3) is 0 Å². The Bertz CT molecular complexity index is 2180. The fourth-order valence-corrected chi connectivity index (χ4v) is 5.03. The van der Waals surface area contributed by atoms with Crippen molar-refractivity contribution in [3.8, 4) is 23.0 Å². The van der Waals surface area contributed by atoms with Gasteiger partial charge in [-0.1, -0.05) is 13.2 Å². The second kappa shape index (κ2) is 20.4. The molecule has 0 fully saturated rings. The van der Waals surface area contributed by atoms with E-state index in [4.69, 9.17) is 37.9 Å². The molecule has 0 radical (unpaired) electrons. The first-order valence-corrected chi connectivity index (χ1v) is 17.0. The summed E-state index contributed by atoms with van der Waals surface area (Å²) in [5.41, 5.74) is -0.0813. The van der Waals surface area contributed by atoms with E-state index in [2.05, 4.69) is 13.2 Å². The van der Waals surface area contributed by atoms with Crippen molar-refractivity contribution in [1.29, 1.82) is 0 Å². The summed E-state index contributed by atoms with van der Waals surface area (Å²) in [6.07, 6.45) is 0. The summed E-state index contributed by atoms with van der Waals surface area (Å²) in [6, 6.07) is 0. The molecule has 0 bridgehead atoms. The standard InChI is InChI=1S/C38H30F12O10/c1-15(2)37(51)59-13-11-57-35-19-17(21(39)27(45)31(35)49)33(29(47)25(43)23(19)41)55-9-7-53-5-6-54-8-10-56-34-18-20(24(42)26(44)30(34)48)36(32(50)28(46)22(18)40)58-12-14-60-38(52)16(3)4/h1,3,5-14H2,2,4H3. The Morgan fingerprint density at radius 2 is 0.567 bits per heavy atom. The first-order chi connectivity index (χ1) is 28.3. The highest BCUT2D eigenvalue weighted by Crippen LogP contribution is 2.44. The Kier molecular flexibility index (Phi) is 15.9. The molecule has 0 spiro atoms. The van der Waals surface area contributed by atoms with E-state index in [1.54, 1.807) is 0 Å². The molecule has 0 aliphatic heterocycles. The number of carbonyl (C=O) groups excluding carboxylic acids is 2. The Labute approximate surface area is 330 Å². The fourth-order valence-electron chi connectivity index (χ4n) is 5.03. The third kappa shape index (κ3) is 9.92. The summed E-state index contributed by atoms with van der Waals surface area (Å²) in [5, 5.41) is -5.53. The summed E-state index contributed by atoms with van der Waals surface area (Å²) in [5.74, 6) is -33.7. The minimum absolute atomic E-state index is 0.0406. The molecular formula is C38H30F12O10. The predicted octanol–water partition coefficient (Wildman–Crippen LogP) is 8.15. The molecule has 0 aromatic heterocycles. The highest BCUT2D eigenvalue weighted by atomic mass is 19.2. The van der Waals surface area contributed by atoms with E-state index in [0.29, 0.717) is 0 Å². The molecule has 0 unspecified atom stereocenters. The van der Waals surface area contributed by atoms with E-state index < -0.39 is 179 Å². The molecule has 0 saturated carbocycles. The molecule has 4 rings (SSSR count). The lowest BCUT2D eigenvalue weighted by molar-refractivity contribution is -0.140. The highest BCUT2D eigenvalue weighted by molar-refractivity contribution is 5.96. The topological polar surface area (TPSA) is 108 Å². The van der Waals surface area contributed by atoms with Crippen LogP contribution in [0, 0.1) is 69.8 Å². The molecule has 60 heavy (non-hydrogen) atoms. The molecule has 10 nitrogen and oxygen atoms in total. The maximum absolute atomic E-state index is 14.9. The van der Waals surface area contributed by atoms with E-state index in [1.165, 1.54) is 13.8 Å². The lowest BCUT2D eigenvalue weighted by Gasteiger charge is -2.17. The Morgan fingerprint density at radius 3 is 0.800 bits per heavy atom. The zero-order chi connectivity index (χ0) is 44.6. The van der Waals surface area contributed by atoms with Crippen LogP contribution in [0.4, 0.5) is 52.7 Å². The monoisotopic (exact) mass is 874 g/mol. The third-order valence-corrected chi connectivity index (χ3v) is 7.77. The third-order valence-electron chi connectivity index (χ3n) is 7.77. The minimum Gasteiger partial charge on any atom is -0.487 e. The van der Waals surface area contributed by atoms with Crippen LogP contribution in [0.25, 0.3) is 21.5 Å². The molecule has 326 valence electrons. The molecule has 0 heterocycles. The molecule has 4 aromatic rings. The number of halogens is 12. The van der Waals surface area contributed by atoms with E-state index in [0.717, 1.165) is 0 Å². The number of hydrogen-bond donors (Lipinski definition) is 0. The average Bonchev–Trinajstić information content (AvgIpc) is 3.21. The number of fused-ring (bicyclic) bond motifs is 2. The van der Waals surface area contributed by atoms with Crippen LogP contribution in [-0.4, -0.2) is 78.0 Å². The zero-order valence-corrected chi connectivity index (χ0v) is 31.1. The fraction of sp³-hybridized carbons (Fsp3) is 0.316. The summed E-state index contributed by atoms with van der Waals surface area (Å²) < 4.78 is 216. The van der Waals surface area contributed by atoms with Gasteiger partial charge in [0.1, 0.15) is 39.6 Å². The van der Waals surface area contributed by atoms with Crippen LogP contribution in [0.5, 0.6) is 23.0 Å². The first-order valence-electron chi connectivity index (χ1n) is 17.0. The van der Waals surface area contributed by atoms with Crippen LogP contribution < -0.4 is 18.9 Å². The van der Waals surface area contributed by atoms with Crippen molar-refractivity contribution >= 4 is 33.5 Å². The highest BCUT2D eigenvalue weighted by Gasteiger charge is 2.34. The van der Waals surface area contributed by atoms with Crippen molar-refractivity contribution in [1.82, 2.24) is 0 Å². The van der Waals surface area contributed by atoms with Crippen LogP contribution >= 0.6 is 0 Å². The maximum atomic E-state index is 14.9. The maximum Gasteiger partial charge on any atom is 0.333 e. The summed E-state index contributed by atoms with van der Waals surface area (Å²) in [4.78, 5) is 23.0. The SMILES string of the molecule is C=C(C)C(=O)OCCOc1c(F)c(F)c(F)c2c(OCCOCCOCCOc3c(F)c(F)c(F)c4c(OCCOC(=O)C(=C)C)c(F)c(F)c(F)c34)c(F)c(F)c(F)c12. The number of hydrogen-bond acceptors (Lipinski definition) is 10. The quantitative estimate of drug-likeness (QED) is 0.0268. The van der Waals surface area contributed by atoms with Crippen molar-refractivity contribution in [3.63, 3.8) is 0 Å². The molecule has 0 saturated heterocycles. The number of rotatable bonds is 21. The molecule has 0 aliphatic carbocycles. The van der Waals surface area contributed by atoms with Crippen LogP contribution in [-0.2, 0) is 28.5 Å². The Balaban J connectivity index is 1.36. The van der Waals surface area contributed by atoms with Gasteiger partial charge in [-0.15, -0.1) is 0 Å². The van der Waals surface area contributed by atoms with Crippen molar-refractivity contribution in [3.05, 3.63) is 94.1 Å². The number of benzene rings is 4. The van der Waals surface area contributed by atoms with E-state index in [9.17, 15) is 62.3 Å². The van der Waals surface area contributed by atoms with Crippen molar-refractivity contribution in [2.45, 2.75) is 13.8 Å². The van der Waals surface area contributed by atoms with Gasteiger partial charge in [-0.2, -0.15) is 17.6 Å². The van der Waals surface area contributed by atoms with Gasteiger partial charge in [-0.25, -0.2) is 44.7 Å². The molecule has 4 aromatic carbocycles. The first kappa shape index (κ1) is 46.8. The molecule has 22 heteroatoms. The molecule has 0 N–H and O–H groups in total. The normalized spacial score (nSPS) is 11.2. The van der Waals surface area contributed by atoms with Crippen LogP contribution in [0.1, 0.15) is 13.8 Å². The predicted molar refractivity (Wildman–Crippen MR) is 183 cm³/mol. The number of ether oxygens (including phenoxy) is 8. The second-order valence-electron chi connectivity index (χ2n) is 12.0. The Morgan fingerprint density at radius 1 is 0.350 bits per heavy atom. The lowest BCUT2D eigenvalue weighted by atomic mass is 10.1. The van der Waals surface area contributed by atoms with Gasteiger partial charge in [0.2, 0.25) is 23.3 Å².